The standard InChI is InChI=1S/C26H22P2.C9H8N3.C8H5FN3.Os/c1-5-13-23(14-6-1)27(24-15-7-2-8-16-24)21-22-28(25-17-9-3-10-18-25)26-19-11-4-12-20-26;1-7-6-9(12-11-7)8-4-2-3-5-10-8;9-8-5-7(11-12-8)6-3-1-2-4-10-6;/h1-22H;2-6H,1H3;1-5H;/q;2*-1;+2/p+2/b22-21-;;;. The molecular formula is C43H37FN6OsP2+2. The summed E-state index contributed by atoms with van der Waals surface area (Å²) in [6.45, 7) is 1.92. The normalized spacial score (nSPS) is 10.6. The van der Waals surface area contributed by atoms with Crippen molar-refractivity contribution in [2.24, 2.45) is 0 Å². The molecule has 0 atom stereocenters. The molecule has 0 amide bonds. The molecule has 8 aromatic rings. The fraction of sp³-hybridized carbons (Fsp3) is 0.0233. The van der Waals surface area contributed by atoms with Gasteiger partial charge >= 0.3 is 19.8 Å². The van der Waals surface area contributed by atoms with E-state index < -0.39 is 21.8 Å². The van der Waals surface area contributed by atoms with Gasteiger partial charge in [0.2, 0.25) is 0 Å². The van der Waals surface area contributed by atoms with Gasteiger partial charge in [-0.3, -0.25) is 9.97 Å². The molecule has 4 heterocycles. The quantitative estimate of drug-likeness (QED) is 0.145. The molecule has 0 spiro atoms. The maximum Gasteiger partial charge on any atom is 2.00 e. The molecule has 4 aromatic heterocycles. The Morgan fingerprint density at radius 2 is 0.830 bits per heavy atom. The van der Waals surface area contributed by atoms with E-state index in [1.807, 2.05) is 37.3 Å². The minimum atomic E-state index is -0.964. The van der Waals surface area contributed by atoms with Crippen LogP contribution in [0.25, 0.3) is 22.8 Å². The number of aryl methyl sites for hydroxylation is 1. The Morgan fingerprint density at radius 1 is 0.472 bits per heavy atom. The van der Waals surface area contributed by atoms with E-state index in [1.165, 1.54) is 27.3 Å². The fourth-order valence-corrected chi connectivity index (χ4v) is 10.3. The molecular weight excluding hydrogens is 872 g/mol. The van der Waals surface area contributed by atoms with Crippen molar-refractivity contribution in [3.05, 3.63) is 206 Å². The third kappa shape index (κ3) is 11.6. The SMILES string of the molecule is C(=C/[PH+](c1ccccc1)c1ccccc1)/[PH+](c1ccccc1)c1ccccc1.Cc1cc(-c2ccccn2)[n-]n1.Fc1cc(-c2ccccn2)[n-]n1.[Os+2]. The van der Waals surface area contributed by atoms with Crippen LogP contribution < -0.4 is 31.4 Å². The van der Waals surface area contributed by atoms with Gasteiger partial charge in [0.25, 0.3) is 0 Å². The Morgan fingerprint density at radius 3 is 1.13 bits per heavy atom. The predicted octanol–water partition coefficient (Wildman–Crippen LogP) is 7.83. The minimum Gasteiger partial charge on any atom is -0.574 e. The zero-order valence-electron chi connectivity index (χ0n) is 28.9. The number of halogens is 1. The number of benzene rings is 4. The molecule has 53 heavy (non-hydrogen) atoms. The molecule has 0 aliphatic rings. The van der Waals surface area contributed by atoms with Crippen molar-refractivity contribution in [1.82, 2.24) is 30.4 Å². The van der Waals surface area contributed by atoms with Crippen molar-refractivity contribution in [3.63, 3.8) is 0 Å². The molecule has 0 N–H and O–H groups in total. The molecule has 10 heteroatoms. The summed E-state index contributed by atoms with van der Waals surface area (Å²) < 4.78 is 12.4. The predicted molar refractivity (Wildman–Crippen MR) is 216 cm³/mol. The van der Waals surface area contributed by atoms with Crippen molar-refractivity contribution in [2.75, 3.05) is 0 Å². The van der Waals surface area contributed by atoms with Crippen LogP contribution in [-0.4, -0.2) is 20.2 Å². The second kappa shape index (κ2) is 20.7. The van der Waals surface area contributed by atoms with E-state index in [9.17, 15) is 4.39 Å². The largest absolute Gasteiger partial charge is 2.00 e. The Kier molecular flexibility index (Phi) is 15.2. The van der Waals surface area contributed by atoms with Gasteiger partial charge in [0.05, 0.1) is 15.8 Å². The van der Waals surface area contributed by atoms with Gasteiger partial charge in [-0.05, 0) is 85.8 Å². The minimum absolute atomic E-state index is 0. The molecule has 0 bridgehead atoms. The Labute approximate surface area is 325 Å². The summed E-state index contributed by atoms with van der Waals surface area (Å²) in [4.78, 5) is 8.15. The molecule has 0 saturated heterocycles. The van der Waals surface area contributed by atoms with Gasteiger partial charge in [-0.25, -0.2) is 0 Å². The van der Waals surface area contributed by atoms with Gasteiger partial charge in [-0.1, -0.05) is 102 Å². The third-order valence-electron chi connectivity index (χ3n) is 7.78. The van der Waals surface area contributed by atoms with Gasteiger partial charge in [-0.2, -0.15) is 4.39 Å². The summed E-state index contributed by atoms with van der Waals surface area (Å²) >= 11 is 0. The molecule has 0 radical (unpaired) electrons. The van der Waals surface area contributed by atoms with Crippen LogP contribution in [0.4, 0.5) is 4.39 Å². The summed E-state index contributed by atoms with van der Waals surface area (Å²) in [7, 11) is -1.93. The first-order valence-electron chi connectivity index (χ1n) is 16.7. The Bertz CT molecular complexity index is 1980. The summed E-state index contributed by atoms with van der Waals surface area (Å²) in [6.07, 6.45) is 3.38. The van der Waals surface area contributed by atoms with Crippen molar-refractivity contribution in [3.8, 4) is 22.8 Å². The van der Waals surface area contributed by atoms with Gasteiger partial charge in [0.15, 0.2) is 5.95 Å². The first kappa shape index (κ1) is 39.0. The van der Waals surface area contributed by atoms with Crippen LogP contribution in [0.2, 0.25) is 0 Å². The van der Waals surface area contributed by atoms with Crippen LogP contribution >= 0.6 is 15.8 Å². The second-order valence-corrected chi connectivity index (χ2v) is 16.1. The van der Waals surface area contributed by atoms with Crippen LogP contribution in [0.5, 0.6) is 0 Å². The maximum absolute atomic E-state index is 12.4. The Hall–Kier alpha value is -5.23. The molecule has 262 valence electrons. The van der Waals surface area contributed by atoms with E-state index in [1.54, 1.807) is 24.5 Å². The molecule has 0 aliphatic carbocycles. The van der Waals surface area contributed by atoms with Gasteiger partial charge in [-0.15, -0.1) is 0 Å². The molecule has 0 fully saturated rings. The fourth-order valence-electron chi connectivity index (χ4n) is 5.30. The van der Waals surface area contributed by atoms with Gasteiger partial charge in [0.1, 0.15) is 32.9 Å². The number of hydrogen-bond donors (Lipinski definition) is 0. The van der Waals surface area contributed by atoms with Crippen molar-refractivity contribution >= 4 is 37.1 Å². The topological polar surface area (TPSA) is 79.8 Å². The zero-order chi connectivity index (χ0) is 35.8. The molecule has 4 aromatic carbocycles. The monoisotopic (exact) mass is 910 g/mol. The maximum atomic E-state index is 12.4. The molecule has 6 nitrogen and oxygen atoms in total. The third-order valence-corrected chi connectivity index (χ3v) is 12.9. The van der Waals surface area contributed by atoms with E-state index in [0.717, 1.165) is 17.1 Å². The van der Waals surface area contributed by atoms with Crippen molar-refractivity contribution in [1.29, 1.82) is 0 Å². The van der Waals surface area contributed by atoms with Crippen LogP contribution in [0.3, 0.4) is 0 Å². The first-order valence-corrected chi connectivity index (χ1v) is 19.9. The average molecular weight is 909 g/mol. The molecule has 0 saturated carbocycles. The summed E-state index contributed by atoms with van der Waals surface area (Å²) in [5.41, 5.74) is 3.74. The van der Waals surface area contributed by atoms with Crippen molar-refractivity contribution < 1.29 is 24.2 Å². The van der Waals surface area contributed by atoms with Crippen LogP contribution in [-0.2, 0) is 19.8 Å². The number of nitrogens with zero attached hydrogens (tertiary/aromatic N) is 6. The number of aromatic nitrogens is 6. The van der Waals surface area contributed by atoms with Gasteiger partial charge in [0, 0.05) is 29.5 Å². The number of hydrogen-bond acceptors (Lipinski definition) is 4. The summed E-state index contributed by atoms with van der Waals surface area (Å²) in [6, 6.07) is 58.0. The second-order valence-electron chi connectivity index (χ2n) is 11.5. The van der Waals surface area contributed by atoms with Gasteiger partial charge < -0.3 is 20.4 Å². The summed E-state index contributed by atoms with van der Waals surface area (Å²) in [5, 5.41) is 20.4. The summed E-state index contributed by atoms with van der Waals surface area (Å²) in [5.74, 6) is 4.43. The molecule has 0 aliphatic heterocycles. The van der Waals surface area contributed by atoms with E-state index in [2.05, 4.69) is 163 Å². The van der Waals surface area contributed by atoms with Crippen LogP contribution in [0.15, 0.2) is 194 Å². The van der Waals surface area contributed by atoms with E-state index >= 15 is 0 Å². The van der Waals surface area contributed by atoms with E-state index in [0.29, 0.717) is 11.4 Å². The Balaban J connectivity index is 0.000000178. The van der Waals surface area contributed by atoms with E-state index in [-0.39, 0.29) is 19.8 Å². The number of rotatable bonds is 8. The van der Waals surface area contributed by atoms with Crippen LogP contribution in [0.1, 0.15) is 5.69 Å². The zero-order valence-corrected chi connectivity index (χ0v) is 33.4. The van der Waals surface area contributed by atoms with Crippen LogP contribution in [0, 0.1) is 12.9 Å². The number of pyridine rings is 2. The first-order chi connectivity index (χ1) is 25.6. The van der Waals surface area contributed by atoms with E-state index in [4.69, 9.17) is 0 Å². The average Bonchev–Trinajstić information content (AvgIpc) is 3.87. The van der Waals surface area contributed by atoms with Crippen molar-refractivity contribution in [2.45, 2.75) is 6.92 Å². The smallest absolute Gasteiger partial charge is 0.574 e. The molecule has 0 unspecified atom stereocenters. The molecule has 8 rings (SSSR count).